The molecule has 0 saturated carbocycles. The number of aryl methyl sites for hydroxylation is 1. The fourth-order valence-electron chi connectivity index (χ4n) is 1.38. The molecular weight excluding hydrogens is 246 g/mol. The van der Waals surface area contributed by atoms with Crippen LogP contribution in [0.4, 0.5) is 0 Å². The molecule has 0 spiro atoms. The molecule has 1 unspecified atom stereocenters. The first-order valence-corrected chi connectivity index (χ1v) is 4.94. The van der Waals surface area contributed by atoms with Crippen LogP contribution in [0.1, 0.15) is 17.3 Å². The fraction of sp³-hybridized carbons (Fsp3) is 0.222. The van der Waals surface area contributed by atoms with E-state index < -0.39 is 0 Å². The van der Waals surface area contributed by atoms with Gasteiger partial charge in [0.2, 0.25) is 0 Å². The summed E-state index contributed by atoms with van der Waals surface area (Å²) >= 11 is 3.41. The zero-order valence-corrected chi connectivity index (χ0v) is 9.23. The molecule has 0 aromatic carbocycles. The second-order valence-electron chi connectivity index (χ2n) is 3.04. The van der Waals surface area contributed by atoms with E-state index >= 15 is 0 Å². The summed E-state index contributed by atoms with van der Waals surface area (Å²) in [5, 5.41) is 4.11. The Morgan fingerprint density at radius 3 is 2.93 bits per heavy atom. The van der Waals surface area contributed by atoms with Crippen LogP contribution in [0.5, 0.6) is 0 Å². The van der Waals surface area contributed by atoms with Gasteiger partial charge in [0.15, 0.2) is 0 Å². The highest BCUT2D eigenvalue weighted by Crippen LogP contribution is 2.26. The van der Waals surface area contributed by atoms with Gasteiger partial charge in [-0.15, -0.1) is 0 Å². The number of nitrogens with zero attached hydrogens (tertiary/aromatic N) is 2. The Balaban J connectivity index is 2.41. The van der Waals surface area contributed by atoms with Crippen molar-refractivity contribution >= 4 is 15.9 Å². The average Bonchev–Trinajstić information content (AvgIpc) is 2.75. The molecule has 2 aromatic rings. The Labute approximate surface area is 89.8 Å². The van der Waals surface area contributed by atoms with Crippen LogP contribution in [0.25, 0.3) is 0 Å². The number of halogens is 1. The highest BCUT2D eigenvalue weighted by molar-refractivity contribution is 9.10. The topological polar surface area (TPSA) is 57.0 Å². The van der Waals surface area contributed by atoms with E-state index in [-0.39, 0.29) is 6.04 Å². The van der Waals surface area contributed by atoms with E-state index in [1.807, 2.05) is 13.1 Å². The molecule has 2 rings (SSSR count). The van der Waals surface area contributed by atoms with Gasteiger partial charge in [-0.2, -0.15) is 5.10 Å². The molecule has 0 radical (unpaired) electrons. The second-order valence-corrected chi connectivity index (χ2v) is 3.89. The van der Waals surface area contributed by atoms with Crippen LogP contribution in [0, 0.1) is 0 Å². The van der Waals surface area contributed by atoms with Crippen LogP contribution in [0.15, 0.2) is 33.7 Å². The van der Waals surface area contributed by atoms with Gasteiger partial charge < -0.3 is 10.2 Å². The predicted octanol–water partition coefficient (Wildman–Crippen LogP) is 1.82. The van der Waals surface area contributed by atoms with Gasteiger partial charge in [-0.25, -0.2) is 0 Å². The Hall–Kier alpha value is -1.07. The van der Waals surface area contributed by atoms with Gasteiger partial charge in [0, 0.05) is 12.6 Å². The van der Waals surface area contributed by atoms with Gasteiger partial charge in [-0.1, -0.05) is 0 Å². The molecule has 0 amide bonds. The Bertz CT molecular complexity index is 402. The van der Waals surface area contributed by atoms with E-state index in [1.165, 1.54) is 0 Å². The third kappa shape index (κ3) is 1.49. The summed E-state index contributed by atoms with van der Waals surface area (Å²) in [6.45, 7) is 0. The normalized spacial score (nSPS) is 13.1. The highest BCUT2D eigenvalue weighted by Gasteiger charge is 2.17. The molecule has 2 heterocycles. The Morgan fingerprint density at radius 2 is 2.43 bits per heavy atom. The minimum atomic E-state index is -0.212. The molecule has 0 saturated heterocycles. The molecular formula is C9H10BrN3O. The maximum atomic E-state index is 6.06. The van der Waals surface area contributed by atoms with E-state index in [0.29, 0.717) is 0 Å². The van der Waals surface area contributed by atoms with E-state index in [0.717, 1.165) is 15.7 Å². The van der Waals surface area contributed by atoms with Crippen molar-refractivity contribution in [2.45, 2.75) is 6.04 Å². The van der Waals surface area contributed by atoms with Gasteiger partial charge >= 0.3 is 0 Å². The lowest BCUT2D eigenvalue weighted by Crippen LogP contribution is -2.15. The SMILES string of the molecule is Cn1ncc(Br)c1C(N)c1ccoc1. The molecule has 2 N–H and O–H groups in total. The van der Waals surface area contributed by atoms with E-state index in [9.17, 15) is 0 Å². The minimum absolute atomic E-state index is 0.212. The number of aromatic nitrogens is 2. The maximum Gasteiger partial charge on any atom is 0.0954 e. The lowest BCUT2D eigenvalue weighted by atomic mass is 10.1. The maximum absolute atomic E-state index is 6.06. The van der Waals surface area contributed by atoms with Crippen LogP contribution in [-0.2, 0) is 7.05 Å². The van der Waals surface area contributed by atoms with Crippen molar-refractivity contribution in [3.05, 3.63) is 40.5 Å². The summed E-state index contributed by atoms with van der Waals surface area (Å²) < 4.78 is 7.65. The molecule has 14 heavy (non-hydrogen) atoms. The average molecular weight is 256 g/mol. The molecule has 0 aliphatic carbocycles. The fourth-order valence-corrected chi connectivity index (χ4v) is 1.97. The van der Waals surface area contributed by atoms with E-state index in [1.54, 1.807) is 23.4 Å². The Morgan fingerprint density at radius 1 is 1.64 bits per heavy atom. The minimum Gasteiger partial charge on any atom is -0.472 e. The monoisotopic (exact) mass is 255 g/mol. The smallest absolute Gasteiger partial charge is 0.0954 e. The van der Waals surface area contributed by atoms with Crippen LogP contribution in [0.2, 0.25) is 0 Å². The molecule has 0 aliphatic rings. The van der Waals surface area contributed by atoms with Crippen molar-refractivity contribution in [2.24, 2.45) is 12.8 Å². The zero-order valence-electron chi connectivity index (χ0n) is 7.64. The molecule has 0 fully saturated rings. The molecule has 2 aromatic heterocycles. The van der Waals surface area contributed by atoms with E-state index in [4.69, 9.17) is 10.2 Å². The molecule has 74 valence electrons. The zero-order chi connectivity index (χ0) is 10.1. The number of rotatable bonds is 2. The first-order chi connectivity index (χ1) is 6.70. The van der Waals surface area contributed by atoms with Gasteiger partial charge in [0.05, 0.1) is 34.9 Å². The van der Waals surface area contributed by atoms with Crippen LogP contribution < -0.4 is 5.73 Å². The van der Waals surface area contributed by atoms with Gasteiger partial charge in [0.1, 0.15) is 0 Å². The van der Waals surface area contributed by atoms with Crippen molar-refractivity contribution in [2.75, 3.05) is 0 Å². The van der Waals surface area contributed by atoms with Crippen LogP contribution in [-0.4, -0.2) is 9.78 Å². The first kappa shape index (κ1) is 9.48. The van der Waals surface area contributed by atoms with Gasteiger partial charge in [-0.05, 0) is 22.0 Å². The van der Waals surface area contributed by atoms with Crippen molar-refractivity contribution < 1.29 is 4.42 Å². The summed E-state index contributed by atoms with van der Waals surface area (Å²) in [7, 11) is 1.86. The second kappa shape index (κ2) is 3.59. The van der Waals surface area contributed by atoms with Crippen molar-refractivity contribution in [1.29, 1.82) is 0 Å². The van der Waals surface area contributed by atoms with E-state index in [2.05, 4.69) is 21.0 Å². The third-order valence-electron chi connectivity index (χ3n) is 2.13. The van der Waals surface area contributed by atoms with Crippen molar-refractivity contribution in [3.63, 3.8) is 0 Å². The molecule has 0 aliphatic heterocycles. The lowest BCUT2D eigenvalue weighted by Gasteiger charge is -2.10. The summed E-state index contributed by atoms with van der Waals surface area (Å²) in [5.41, 5.74) is 7.93. The molecule has 0 bridgehead atoms. The molecule has 1 atom stereocenters. The summed E-state index contributed by atoms with van der Waals surface area (Å²) in [4.78, 5) is 0. The summed E-state index contributed by atoms with van der Waals surface area (Å²) in [6.07, 6.45) is 4.98. The predicted molar refractivity (Wildman–Crippen MR) is 55.6 cm³/mol. The van der Waals surface area contributed by atoms with Crippen molar-refractivity contribution in [1.82, 2.24) is 9.78 Å². The van der Waals surface area contributed by atoms with Gasteiger partial charge in [-0.3, -0.25) is 4.68 Å². The van der Waals surface area contributed by atoms with Crippen LogP contribution >= 0.6 is 15.9 Å². The number of furan rings is 1. The highest BCUT2D eigenvalue weighted by atomic mass is 79.9. The summed E-state index contributed by atoms with van der Waals surface area (Å²) in [6, 6.07) is 1.64. The molecule has 5 heteroatoms. The van der Waals surface area contributed by atoms with Gasteiger partial charge in [0.25, 0.3) is 0 Å². The summed E-state index contributed by atoms with van der Waals surface area (Å²) in [5.74, 6) is 0. The number of hydrogen-bond acceptors (Lipinski definition) is 3. The molecule has 4 nitrogen and oxygen atoms in total. The van der Waals surface area contributed by atoms with Crippen molar-refractivity contribution in [3.8, 4) is 0 Å². The van der Waals surface area contributed by atoms with Crippen LogP contribution in [0.3, 0.4) is 0 Å². The number of hydrogen-bond donors (Lipinski definition) is 1. The largest absolute Gasteiger partial charge is 0.472 e. The lowest BCUT2D eigenvalue weighted by molar-refractivity contribution is 0.560. The standard InChI is InChI=1S/C9H10BrN3O/c1-13-9(7(10)4-12-13)8(11)6-2-3-14-5-6/h2-5,8H,11H2,1H3. The number of nitrogens with two attached hydrogens (primary N) is 1. The Kier molecular flexibility index (Phi) is 2.43. The third-order valence-corrected chi connectivity index (χ3v) is 2.75. The first-order valence-electron chi connectivity index (χ1n) is 4.15. The quantitative estimate of drug-likeness (QED) is 0.891.